The number of amides is 2. The van der Waals surface area contributed by atoms with Gasteiger partial charge in [0.05, 0.1) is 12.1 Å². The van der Waals surface area contributed by atoms with Crippen LogP contribution in [0.5, 0.6) is 0 Å². The van der Waals surface area contributed by atoms with Gasteiger partial charge >= 0.3 is 0 Å². The number of rotatable bonds is 7. The van der Waals surface area contributed by atoms with Crippen LogP contribution in [0.2, 0.25) is 0 Å². The lowest BCUT2D eigenvalue weighted by molar-refractivity contribution is -0.123. The van der Waals surface area contributed by atoms with Gasteiger partial charge in [-0.3, -0.25) is 9.59 Å². The lowest BCUT2D eigenvalue weighted by Crippen LogP contribution is -2.42. The minimum atomic E-state index is -0.206. The Kier molecular flexibility index (Phi) is 6.80. The summed E-state index contributed by atoms with van der Waals surface area (Å²) in [6, 6.07) is -0.0234. The average Bonchev–Trinajstić information content (AvgIpc) is 2.87. The molecular formula is C13H25N3O3. The van der Waals surface area contributed by atoms with Crippen LogP contribution in [0.3, 0.4) is 0 Å². The number of nitrogens with one attached hydrogen (secondary N) is 3. The quantitative estimate of drug-likeness (QED) is 0.598. The van der Waals surface area contributed by atoms with Crippen LogP contribution >= 0.6 is 0 Å². The Morgan fingerprint density at radius 2 is 2.21 bits per heavy atom. The average molecular weight is 271 g/mol. The molecule has 2 amide bonds. The maximum absolute atomic E-state index is 11.8. The predicted octanol–water partition coefficient (Wildman–Crippen LogP) is -0.216. The van der Waals surface area contributed by atoms with Gasteiger partial charge in [-0.25, -0.2) is 0 Å². The molecule has 0 aromatic rings. The number of carbonyl (C=O) groups is 2. The van der Waals surface area contributed by atoms with Gasteiger partial charge in [-0.15, -0.1) is 0 Å². The molecule has 0 bridgehead atoms. The molecule has 3 N–H and O–H groups in total. The fraction of sp³-hybridized carbons (Fsp3) is 0.846. The van der Waals surface area contributed by atoms with Gasteiger partial charge in [0.2, 0.25) is 11.8 Å². The number of hydrogen-bond donors (Lipinski definition) is 3. The van der Waals surface area contributed by atoms with Crippen molar-refractivity contribution in [3.63, 3.8) is 0 Å². The van der Waals surface area contributed by atoms with E-state index in [1.54, 1.807) is 7.11 Å². The van der Waals surface area contributed by atoms with Gasteiger partial charge in [0.1, 0.15) is 0 Å². The molecule has 0 aromatic heterocycles. The molecule has 0 aromatic carbocycles. The fourth-order valence-electron chi connectivity index (χ4n) is 1.95. The van der Waals surface area contributed by atoms with Crippen molar-refractivity contribution in [3.05, 3.63) is 0 Å². The number of carbonyl (C=O) groups excluding carboxylic acids is 2. The summed E-state index contributed by atoms with van der Waals surface area (Å²) in [5.41, 5.74) is 0. The minimum Gasteiger partial charge on any atom is -0.380 e. The van der Waals surface area contributed by atoms with Gasteiger partial charge in [0, 0.05) is 32.7 Å². The molecule has 3 unspecified atom stereocenters. The second-order valence-corrected chi connectivity index (χ2v) is 4.97. The highest BCUT2D eigenvalue weighted by Crippen LogP contribution is 2.09. The van der Waals surface area contributed by atoms with E-state index in [1.807, 2.05) is 13.8 Å². The molecule has 1 heterocycles. The molecule has 1 rings (SSSR count). The Labute approximate surface area is 114 Å². The van der Waals surface area contributed by atoms with Crippen molar-refractivity contribution >= 4 is 11.8 Å². The highest BCUT2D eigenvalue weighted by molar-refractivity contribution is 5.83. The third kappa shape index (κ3) is 5.57. The van der Waals surface area contributed by atoms with E-state index >= 15 is 0 Å². The molecule has 19 heavy (non-hydrogen) atoms. The number of methoxy groups -OCH3 is 1. The molecule has 1 aliphatic rings. The van der Waals surface area contributed by atoms with E-state index in [1.165, 1.54) is 0 Å². The Balaban J connectivity index is 2.15. The molecule has 0 saturated carbocycles. The molecule has 1 saturated heterocycles. The number of ether oxygens (including phenoxy) is 1. The first-order chi connectivity index (χ1) is 9.06. The van der Waals surface area contributed by atoms with Crippen LogP contribution in [0, 0.1) is 0 Å². The Morgan fingerprint density at radius 1 is 1.47 bits per heavy atom. The van der Waals surface area contributed by atoms with E-state index in [2.05, 4.69) is 16.0 Å². The summed E-state index contributed by atoms with van der Waals surface area (Å²) in [4.78, 5) is 23.3. The molecule has 0 spiro atoms. The SMILES string of the molecule is CCC(C)NC(=O)CCNC(=O)C1CC(OC)CN1. The van der Waals surface area contributed by atoms with E-state index < -0.39 is 0 Å². The first kappa shape index (κ1) is 15.9. The van der Waals surface area contributed by atoms with Crippen molar-refractivity contribution in [3.8, 4) is 0 Å². The van der Waals surface area contributed by atoms with E-state index in [-0.39, 0.29) is 30.0 Å². The van der Waals surface area contributed by atoms with E-state index in [9.17, 15) is 9.59 Å². The monoisotopic (exact) mass is 271 g/mol. The molecule has 6 heteroatoms. The molecule has 1 fully saturated rings. The normalized spacial score (nSPS) is 23.9. The van der Waals surface area contributed by atoms with Gasteiger partial charge in [0.25, 0.3) is 0 Å². The second kappa shape index (κ2) is 8.12. The van der Waals surface area contributed by atoms with Gasteiger partial charge in [-0.05, 0) is 19.8 Å². The molecule has 0 radical (unpaired) electrons. The van der Waals surface area contributed by atoms with E-state index in [0.29, 0.717) is 25.9 Å². The topological polar surface area (TPSA) is 79.5 Å². The summed E-state index contributed by atoms with van der Waals surface area (Å²) in [5, 5.41) is 8.74. The van der Waals surface area contributed by atoms with Gasteiger partial charge in [0.15, 0.2) is 0 Å². The van der Waals surface area contributed by atoms with E-state index in [4.69, 9.17) is 4.74 Å². The van der Waals surface area contributed by atoms with Crippen LogP contribution in [0.4, 0.5) is 0 Å². The molecular weight excluding hydrogens is 246 g/mol. The van der Waals surface area contributed by atoms with Gasteiger partial charge < -0.3 is 20.7 Å². The zero-order chi connectivity index (χ0) is 14.3. The first-order valence-electron chi connectivity index (χ1n) is 6.90. The fourth-order valence-corrected chi connectivity index (χ4v) is 1.95. The summed E-state index contributed by atoms with van der Waals surface area (Å²) < 4.78 is 5.18. The third-order valence-electron chi connectivity index (χ3n) is 3.41. The van der Waals surface area contributed by atoms with Crippen LogP contribution in [0.15, 0.2) is 0 Å². The van der Waals surface area contributed by atoms with Crippen molar-refractivity contribution in [1.29, 1.82) is 0 Å². The summed E-state index contributed by atoms with van der Waals surface area (Å²) in [5.74, 6) is -0.0836. The zero-order valence-electron chi connectivity index (χ0n) is 12.0. The highest BCUT2D eigenvalue weighted by atomic mass is 16.5. The third-order valence-corrected chi connectivity index (χ3v) is 3.41. The van der Waals surface area contributed by atoms with Crippen LogP contribution in [0.1, 0.15) is 33.1 Å². The standard InChI is InChI=1S/C13H25N3O3/c1-4-9(2)16-12(17)5-6-14-13(18)11-7-10(19-3)8-15-11/h9-11,15H,4-8H2,1-3H3,(H,14,18)(H,16,17). The van der Waals surface area contributed by atoms with Gasteiger partial charge in [-0.1, -0.05) is 6.92 Å². The van der Waals surface area contributed by atoms with Crippen molar-refractivity contribution in [1.82, 2.24) is 16.0 Å². The second-order valence-electron chi connectivity index (χ2n) is 4.97. The molecule has 110 valence electrons. The first-order valence-corrected chi connectivity index (χ1v) is 6.90. The maximum atomic E-state index is 11.8. The Hall–Kier alpha value is -1.14. The van der Waals surface area contributed by atoms with Crippen LogP contribution in [-0.2, 0) is 14.3 Å². The van der Waals surface area contributed by atoms with Crippen LogP contribution < -0.4 is 16.0 Å². The van der Waals surface area contributed by atoms with Crippen molar-refractivity contribution < 1.29 is 14.3 Å². The smallest absolute Gasteiger partial charge is 0.237 e. The van der Waals surface area contributed by atoms with Gasteiger partial charge in [-0.2, -0.15) is 0 Å². The van der Waals surface area contributed by atoms with Crippen LogP contribution in [-0.4, -0.2) is 50.2 Å². The summed E-state index contributed by atoms with van der Waals surface area (Å²) in [6.45, 7) is 5.05. The van der Waals surface area contributed by atoms with E-state index in [0.717, 1.165) is 6.42 Å². The lowest BCUT2D eigenvalue weighted by Gasteiger charge is -2.13. The Morgan fingerprint density at radius 3 is 2.79 bits per heavy atom. The largest absolute Gasteiger partial charge is 0.380 e. The molecule has 6 nitrogen and oxygen atoms in total. The minimum absolute atomic E-state index is 0.0243. The molecule has 0 aliphatic carbocycles. The van der Waals surface area contributed by atoms with Crippen molar-refractivity contribution in [2.45, 2.75) is 51.3 Å². The van der Waals surface area contributed by atoms with Crippen molar-refractivity contribution in [2.24, 2.45) is 0 Å². The van der Waals surface area contributed by atoms with Crippen molar-refractivity contribution in [2.75, 3.05) is 20.2 Å². The Bertz CT molecular complexity index is 310. The summed E-state index contributed by atoms with van der Waals surface area (Å²) in [6.07, 6.45) is 2.00. The highest BCUT2D eigenvalue weighted by Gasteiger charge is 2.28. The summed E-state index contributed by atoms with van der Waals surface area (Å²) in [7, 11) is 1.64. The molecule has 1 aliphatic heterocycles. The number of hydrogen-bond acceptors (Lipinski definition) is 4. The lowest BCUT2D eigenvalue weighted by atomic mass is 10.2. The zero-order valence-corrected chi connectivity index (χ0v) is 12.0. The predicted molar refractivity (Wildman–Crippen MR) is 72.7 cm³/mol. The van der Waals surface area contributed by atoms with Crippen LogP contribution in [0.25, 0.3) is 0 Å². The summed E-state index contributed by atoms with van der Waals surface area (Å²) >= 11 is 0. The maximum Gasteiger partial charge on any atom is 0.237 e. The molecule has 3 atom stereocenters.